The van der Waals surface area contributed by atoms with Crippen molar-refractivity contribution in [1.82, 2.24) is 0 Å². The van der Waals surface area contributed by atoms with E-state index in [4.69, 9.17) is 10.5 Å². The number of nitrogens with two attached hydrogens (primary N) is 1. The minimum absolute atomic E-state index is 0.0211. The molecule has 0 bridgehead atoms. The van der Waals surface area contributed by atoms with E-state index in [1.54, 1.807) is 0 Å². The molecule has 1 rings (SSSR count). The second-order valence-electron chi connectivity index (χ2n) is 3.29. The van der Waals surface area contributed by atoms with Gasteiger partial charge in [-0.05, 0) is 67.8 Å². The van der Waals surface area contributed by atoms with Gasteiger partial charge < -0.3 is 15.6 Å². The molecule has 98 valence electrons. The van der Waals surface area contributed by atoms with Gasteiger partial charge in [0.15, 0.2) is 0 Å². The van der Waals surface area contributed by atoms with E-state index in [9.17, 15) is 14.7 Å². The van der Waals surface area contributed by atoms with Gasteiger partial charge in [-0.3, -0.25) is 4.79 Å². The van der Waals surface area contributed by atoms with E-state index in [0.29, 0.717) is 22.0 Å². The third-order valence-corrected chi connectivity index (χ3v) is 5.62. The molecule has 0 atom stereocenters. The monoisotopic (exact) mass is 587 g/mol. The molecule has 0 saturated heterocycles. The number of ether oxygens (including phenoxy) is 1. The van der Waals surface area contributed by atoms with Crippen molar-refractivity contribution >= 4 is 85.4 Å². The van der Waals surface area contributed by atoms with E-state index in [-0.39, 0.29) is 12.2 Å². The molecule has 0 amide bonds. The molecule has 3 N–H and O–H groups in total. The number of carbonyl (C=O) groups is 2. The van der Waals surface area contributed by atoms with Gasteiger partial charge in [-0.15, -0.1) is 0 Å². The number of hydrogen-bond donors (Lipinski definition) is 2. The average Bonchev–Trinajstić information content (AvgIpc) is 2.25. The van der Waals surface area contributed by atoms with Crippen LogP contribution in [-0.2, 0) is 16.1 Å². The molecule has 1 aromatic carbocycles. The fraction of sp³-hybridized carbons (Fsp3) is 0.200. The van der Waals surface area contributed by atoms with Crippen LogP contribution in [0.15, 0.2) is 0 Å². The van der Waals surface area contributed by atoms with Crippen molar-refractivity contribution in [3.8, 4) is 0 Å². The lowest BCUT2D eigenvalue weighted by atomic mass is 10.1. The fourth-order valence-electron chi connectivity index (χ4n) is 1.23. The first-order valence-electron chi connectivity index (χ1n) is 4.58. The molecule has 5 nitrogen and oxygen atoms in total. The highest BCUT2D eigenvalue weighted by atomic mass is 127. The van der Waals surface area contributed by atoms with Crippen LogP contribution in [0.25, 0.3) is 0 Å². The molecule has 0 saturated carbocycles. The van der Waals surface area contributed by atoms with E-state index < -0.39 is 11.9 Å². The topological polar surface area (TPSA) is 89.6 Å². The zero-order chi connectivity index (χ0) is 14.0. The summed E-state index contributed by atoms with van der Waals surface area (Å²) in [5.41, 5.74) is 7.05. The Bertz CT molecular complexity index is 531. The van der Waals surface area contributed by atoms with Gasteiger partial charge in [0.1, 0.15) is 6.61 Å². The summed E-state index contributed by atoms with van der Waals surface area (Å²) < 4.78 is 6.68. The predicted molar refractivity (Wildman–Crippen MR) is 91.4 cm³/mol. The molecule has 18 heavy (non-hydrogen) atoms. The molecule has 1 aromatic rings. The Morgan fingerprint density at radius 3 is 2.22 bits per heavy atom. The Labute approximate surface area is 144 Å². The van der Waals surface area contributed by atoms with Gasteiger partial charge in [-0.2, -0.15) is 0 Å². The number of hydrogen-bond acceptors (Lipinski definition) is 4. The third-order valence-electron chi connectivity index (χ3n) is 2.08. The Morgan fingerprint density at radius 1 is 1.22 bits per heavy atom. The van der Waals surface area contributed by atoms with Gasteiger partial charge >= 0.3 is 11.9 Å². The number of halogens is 3. The van der Waals surface area contributed by atoms with Crippen LogP contribution in [0.1, 0.15) is 22.8 Å². The molecule has 0 aromatic heterocycles. The first-order valence-corrected chi connectivity index (χ1v) is 7.82. The van der Waals surface area contributed by atoms with Crippen molar-refractivity contribution in [3.05, 3.63) is 21.8 Å². The number of anilines is 1. The second kappa shape index (κ2) is 6.54. The normalized spacial score (nSPS) is 10.2. The maximum atomic E-state index is 11.2. The quantitative estimate of drug-likeness (QED) is 0.323. The van der Waals surface area contributed by atoms with Crippen molar-refractivity contribution in [1.29, 1.82) is 0 Å². The zero-order valence-electron chi connectivity index (χ0n) is 9.09. The second-order valence-corrected chi connectivity index (χ2v) is 6.53. The number of carbonyl (C=O) groups excluding carboxylic acids is 1. The lowest BCUT2D eigenvalue weighted by Gasteiger charge is -2.15. The molecule has 0 aliphatic rings. The largest absolute Gasteiger partial charge is 0.478 e. The van der Waals surface area contributed by atoms with Crippen LogP contribution in [0.5, 0.6) is 0 Å². The van der Waals surface area contributed by atoms with Crippen LogP contribution in [0.4, 0.5) is 5.69 Å². The van der Waals surface area contributed by atoms with Gasteiger partial charge in [-0.1, -0.05) is 0 Å². The van der Waals surface area contributed by atoms with Gasteiger partial charge in [0.2, 0.25) is 0 Å². The number of benzene rings is 1. The summed E-state index contributed by atoms with van der Waals surface area (Å²) in [5.74, 6) is -1.47. The van der Waals surface area contributed by atoms with Crippen LogP contribution < -0.4 is 5.73 Å². The summed E-state index contributed by atoms with van der Waals surface area (Å²) in [4.78, 5) is 22.1. The first kappa shape index (κ1) is 16.2. The number of carboxylic acids is 1. The summed E-state index contributed by atoms with van der Waals surface area (Å²) in [6.07, 6.45) is 0. The highest BCUT2D eigenvalue weighted by molar-refractivity contribution is 14.1. The molecule has 8 heteroatoms. The number of nitrogen functional groups attached to an aromatic ring is 1. The van der Waals surface area contributed by atoms with Crippen molar-refractivity contribution in [2.75, 3.05) is 5.73 Å². The summed E-state index contributed by atoms with van der Waals surface area (Å²) in [6, 6.07) is 0. The number of carboxylic acid groups (broad SMARTS) is 1. The van der Waals surface area contributed by atoms with Crippen molar-refractivity contribution < 1.29 is 19.4 Å². The van der Waals surface area contributed by atoms with Crippen molar-refractivity contribution in [3.63, 3.8) is 0 Å². The third kappa shape index (κ3) is 3.37. The molecule has 0 aliphatic carbocycles. The van der Waals surface area contributed by atoms with Crippen molar-refractivity contribution in [2.24, 2.45) is 0 Å². The smallest absolute Gasteiger partial charge is 0.337 e. The Balaban J connectivity index is 3.42. The van der Waals surface area contributed by atoms with Crippen molar-refractivity contribution in [2.45, 2.75) is 13.5 Å². The number of rotatable bonds is 3. The summed E-state index contributed by atoms with van der Waals surface area (Å²) in [6.45, 7) is 1.32. The molecule has 0 radical (unpaired) electrons. The average molecular weight is 587 g/mol. The maximum Gasteiger partial charge on any atom is 0.337 e. The van der Waals surface area contributed by atoms with E-state index in [2.05, 4.69) is 0 Å². The summed E-state index contributed by atoms with van der Waals surface area (Å²) in [7, 11) is 0. The predicted octanol–water partition coefficient (Wildman–Crippen LogP) is 2.84. The van der Waals surface area contributed by atoms with Gasteiger partial charge in [-0.25, -0.2) is 4.79 Å². The van der Waals surface area contributed by atoms with Crippen LogP contribution in [0.2, 0.25) is 0 Å². The van der Waals surface area contributed by atoms with Crippen LogP contribution in [0.3, 0.4) is 0 Å². The van der Waals surface area contributed by atoms with E-state index in [0.717, 1.165) is 0 Å². The van der Waals surface area contributed by atoms with E-state index >= 15 is 0 Å². The zero-order valence-corrected chi connectivity index (χ0v) is 15.6. The van der Waals surface area contributed by atoms with Crippen LogP contribution in [-0.4, -0.2) is 17.0 Å². The molecule has 0 fully saturated rings. The van der Waals surface area contributed by atoms with Crippen LogP contribution >= 0.6 is 67.8 Å². The lowest BCUT2D eigenvalue weighted by molar-refractivity contribution is -0.142. The van der Waals surface area contributed by atoms with E-state index in [1.807, 2.05) is 67.8 Å². The highest BCUT2D eigenvalue weighted by Crippen LogP contribution is 2.34. The maximum absolute atomic E-state index is 11.2. The molecule has 0 unspecified atom stereocenters. The first-order chi connectivity index (χ1) is 8.27. The minimum atomic E-state index is -1.05. The summed E-state index contributed by atoms with van der Waals surface area (Å²) in [5, 5.41) is 9.19. The van der Waals surface area contributed by atoms with Crippen LogP contribution in [0, 0.1) is 10.7 Å². The lowest BCUT2D eigenvalue weighted by Crippen LogP contribution is -2.13. The molecular weight excluding hydrogens is 579 g/mol. The van der Waals surface area contributed by atoms with Gasteiger partial charge in [0.05, 0.1) is 14.8 Å². The Hall–Kier alpha value is 0.150. The molecule has 0 spiro atoms. The Morgan fingerprint density at radius 2 is 1.78 bits per heavy atom. The SMILES string of the molecule is CC(=O)OCc1c(I)c(N)c(I)c(C(=O)O)c1I. The summed E-state index contributed by atoms with van der Waals surface area (Å²) >= 11 is 5.86. The molecular formula is C10H8I3NO4. The highest BCUT2D eigenvalue weighted by Gasteiger charge is 2.23. The van der Waals surface area contributed by atoms with Gasteiger partial charge in [0.25, 0.3) is 0 Å². The Kier molecular flexibility index (Phi) is 5.89. The fourth-order valence-corrected chi connectivity index (χ4v) is 5.16. The number of esters is 1. The standard InChI is InChI=1S/C10H8I3NO4/c1-3(15)18-2-4-6(11)5(10(16)17)8(13)9(14)7(4)12/h2,14H2,1H3,(H,16,17). The van der Waals surface area contributed by atoms with E-state index in [1.165, 1.54) is 6.92 Å². The molecule has 0 aliphatic heterocycles. The number of aromatic carboxylic acids is 1. The van der Waals surface area contributed by atoms with Gasteiger partial charge in [0, 0.05) is 19.6 Å². The minimum Gasteiger partial charge on any atom is -0.478 e. The molecule has 0 heterocycles.